The Kier molecular flexibility index (Phi) is 11.8. The first-order chi connectivity index (χ1) is 12.3. The van der Waals surface area contributed by atoms with Crippen LogP contribution in [-0.4, -0.2) is 24.8 Å². The molecule has 0 aromatic rings. The molecule has 1 fully saturated rings. The molecule has 0 saturated carbocycles. The molecule has 0 bridgehead atoms. The largest absolute Gasteiger partial charge is 0.466 e. The van der Waals surface area contributed by atoms with Crippen LogP contribution in [0.5, 0.6) is 0 Å². The van der Waals surface area contributed by atoms with E-state index in [1.54, 1.807) is 0 Å². The maximum absolute atomic E-state index is 11.2. The molecule has 0 aromatic carbocycles. The molecule has 0 spiro atoms. The van der Waals surface area contributed by atoms with Gasteiger partial charge in [0, 0.05) is 25.7 Å². The van der Waals surface area contributed by atoms with Crippen molar-refractivity contribution in [1.82, 2.24) is 0 Å². The summed E-state index contributed by atoms with van der Waals surface area (Å²) in [5.41, 5.74) is 0. The summed E-state index contributed by atoms with van der Waals surface area (Å²) >= 11 is 0. The van der Waals surface area contributed by atoms with Crippen LogP contribution in [0.1, 0.15) is 51.9 Å². The van der Waals surface area contributed by atoms with Gasteiger partial charge in [0.25, 0.3) is 0 Å². The maximum Gasteiger partial charge on any atom is 0.305 e. The van der Waals surface area contributed by atoms with E-state index in [2.05, 4.69) is 17.8 Å². The second kappa shape index (κ2) is 14.1. The van der Waals surface area contributed by atoms with Gasteiger partial charge in [0.2, 0.25) is 0 Å². The van der Waals surface area contributed by atoms with E-state index in [0.29, 0.717) is 13.0 Å². The smallest absolute Gasteiger partial charge is 0.305 e. The quantitative estimate of drug-likeness (QED) is 0.184. The number of carbonyl (C=O) groups is 1. The molecule has 1 aliphatic heterocycles. The van der Waals surface area contributed by atoms with Gasteiger partial charge in [-0.15, -0.1) is 18.3 Å². The highest BCUT2D eigenvalue weighted by Crippen LogP contribution is 2.28. The molecule has 1 saturated heterocycles. The summed E-state index contributed by atoms with van der Waals surface area (Å²) in [7, 11) is 0. The number of terminal acetylenes is 1. The monoisotopic (exact) mass is 340 g/mol. The number of hydrogen-bond donors (Lipinski definition) is 0. The Bertz CT molecular complexity index is 566. The molecule has 0 aromatic heterocycles. The zero-order chi connectivity index (χ0) is 18.2. The predicted molar refractivity (Wildman–Crippen MR) is 102 cm³/mol. The molecule has 3 nitrogen and oxygen atoms in total. The Morgan fingerprint density at radius 2 is 2.00 bits per heavy atom. The van der Waals surface area contributed by atoms with Gasteiger partial charge in [-0.1, -0.05) is 42.4 Å². The molecule has 0 N–H and O–H groups in total. The van der Waals surface area contributed by atoms with Crippen molar-refractivity contribution in [3.63, 3.8) is 0 Å². The van der Waals surface area contributed by atoms with Crippen LogP contribution in [0.3, 0.4) is 0 Å². The average Bonchev–Trinajstić information content (AvgIpc) is 3.34. The highest BCUT2D eigenvalue weighted by atomic mass is 16.6. The fraction of sp³-hybridized carbons (Fsp3) is 0.500. The standard InChI is InChI=1S/C22H28O3/c1-3-5-6-7-8-9-10-11-12-13-14-15-17-20-21(25-20)18-16-19-22(23)24-4-2/h1,11-15,17,20-21H,4-7,10,16,18-19H2,2H3/b12-11-,14-13+,17-15+/t20-,21-/m0/s1. The molecule has 134 valence electrons. The van der Waals surface area contributed by atoms with Crippen LogP contribution in [0.25, 0.3) is 0 Å². The minimum atomic E-state index is -0.123. The Morgan fingerprint density at radius 1 is 1.16 bits per heavy atom. The van der Waals surface area contributed by atoms with Crippen LogP contribution in [0.2, 0.25) is 0 Å². The average molecular weight is 340 g/mol. The molecule has 0 unspecified atom stereocenters. The lowest BCUT2D eigenvalue weighted by Gasteiger charge is -1.99. The molecular weight excluding hydrogens is 312 g/mol. The molecule has 0 amide bonds. The number of rotatable bonds is 11. The summed E-state index contributed by atoms with van der Waals surface area (Å²) in [6.07, 6.45) is 23.2. The van der Waals surface area contributed by atoms with Gasteiger partial charge in [-0.05, 0) is 26.2 Å². The number of epoxide rings is 1. The van der Waals surface area contributed by atoms with Gasteiger partial charge in [0.15, 0.2) is 0 Å². The fourth-order valence-corrected chi connectivity index (χ4v) is 2.19. The zero-order valence-electron chi connectivity index (χ0n) is 15.1. The number of hydrogen-bond acceptors (Lipinski definition) is 3. The van der Waals surface area contributed by atoms with Gasteiger partial charge in [0.1, 0.15) is 6.10 Å². The van der Waals surface area contributed by atoms with E-state index in [-0.39, 0.29) is 18.2 Å². The number of carbonyl (C=O) groups excluding carboxylic acids is 1. The van der Waals surface area contributed by atoms with Crippen molar-refractivity contribution in [3.8, 4) is 24.2 Å². The van der Waals surface area contributed by atoms with E-state index in [0.717, 1.165) is 38.5 Å². The first-order valence-electron chi connectivity index (χ1n) is 8.98. The Hall–Kier alpha value is -2.23. The molecular formula is C22H28O3. The SMILES string of the molecule is C#CCCCC#CC\C=C/C=C/C=C/[C@@H]1O[C@H]1CCCC(=O)OCC. The fourth-order valence-electron chi connectivity index (χ4n) is 2.19. The molecule has 1 heterocycles. The Labute approximate surface area is 152 Å². The summed E-state index contributed by atoms with van der Waals surface area (Å²) < 4.78 is 10.4. The van der Waals surface area contributed by atoms with Crippen molar-refractivity contribution < 1.29 is 14.3 Å². The maximum atomic E-state index is 11.2. The van der Waals surface area contributed by atoms with Crippen molar-refractivity contribution in [2.45, 2.75) is 64.1 Å². The molecule has 0 radical (unpaired) electrons. The van der Waals surface area contributed by atoms with Gasteiger partial charge in [-0.25, -0.2) is 0 Å². The molecule has 1 rings (SSSR count). The van der Waals surface area contributed by atoms with Crippen LogP contribution in [0.4, 0.5) is 0 Å². The van der Waals surface area contributed by atoms with Crippen LogP contribution in [0.15, 0.2) is 36.5 Å². The summed E-state index contributed by atoms with van der Waals surface area (Å²) in [6, 6.07) is 0. The van der Waals surface area contributed by atoms with Crippen molar-refractivity contribution in [2.75, 3.05) is 6.61 Å². The van der Waals surface area contributed by atoms with E-state index in [1.165, 1.54) is 0 Å². The lowest BCUT2D eigenvalue weighted by atomic mass is 10.1. The lowest BCUT2D eigenvalue weighted by molar-refractivity contribution is -0.143. The second-order valence-corrected chi connectivity index (χ2v) is 5.65. The van der Waals surface area contributed by atoms with Crippen molar-refractivity contribution in [2.24, 2.45) is 0 Å². The van der Waals surface area contributed by atoms with Crippen molar-refractivity contribution >= 4 is 5.97 Å². The molecule has 2 atom stereocenters. The van der Waals surface area contributed by atoms with E-state index in [4.69, 9.17) is 15.9 Å². The van der Waals surface area contributed by atoms with Gasteiger partial charge in [-0.3, -0.25) is 4.79 Å². The third kappa shape index (κ3) is 11.9. The Morgan fingerprint density at radius 3 is 2.80 bits per heavy atom. The summed E-state index contributed by atoms with van der Waals surface area (Å²) in [5, 5.41) is 0. The molecule has 25 heavy (non-hydrogen) atoms. The summed E-state index contributed by atoms with van der Waals surface area (Å²) in [5.74, 6) is 8.68. The number of allylic oxidation sites excluding steroid dienone is 5. The number of ether oxygens (including phenoxy) is 2. The van der Waals surface area contributed by atoms with Crippen LogP contribution < -0.4 is 0 Å². The molecule has 1 aliphatic rings. The Balaban J connectivity index is 2.02. The second-order valence-electron chi connectivity index (χ2n) is 5.65. The van der Waals surface area contributed by atoms with Gasteiger partial charge >= 0.3 is 5.97 Å². The van der Waals surface area contributed by atoms with Crippen molar-refractivity contribution in [1.29, 1.82) is 0 Å². The number of esters is 1. The van der Waals surface area contributed by atoms with Gasteiger partial charge in [-0.2, -0.15) is 0 Å². The highest BCUT2D eigenvalue weighted by molar-refractivity contribution is 5.69. The third-order valence-corrected chi connectivity index (χ3v) is 3.53. The molecule has 0 aliphatic carbocycles. The van der Waals surface area contributed by atoms with Crippen LogP contribution >= 0.6 is 0 Å². The van der Waals surface area contributed by atoms with Crippen LogP contribution in [0, 0.1) is 24.2 Å². The topological polar surface area (TPSA) is 38.8 Å². The normalized spacial score (nSPS) is 19.0. The van der Waals surface area contributed by atoms with Crippen molar-refractivity contribution in [3.05, 3.63) is 36.5 Å². The van der Waals surface area contributed by atoms with Gasteiger partial charge in [0.05, 0.1) is 12.7 Å². The van der Waals surface area contributed by atoms with E-state index < -0.39 is 0 Å². The first-order valence-corrected chi connectivity index (χ1v) is 8.98. The van der Waals surface area contributed by atoms with E-state index in [1.807, 2.05) is 43.4 Å². The van der Waals surface area contributed by atoms with E-state index in [9.17, 15) is 4.79 Å². The van der Waals surface area contributed by atoms with E-state index >= 15 is 0 Å². The number of unbranched alkanes of at least 4 members (excludes halogenated alkanes) is 2. The third-order valence-electron chi connectivity index (χ3n) is 3.53. The summed E-state index contributed by atoms with van der Waals surface area (Å²) in [4.78, 5) is 11.2. The summed E-state index contributed by atoms with van der Waals surface area (Å²) in [6.45, 7) is 2.27. The minimum absolute atomic E-state index is 0.123. The highest BCUT2D eigenvalue weighted by Gasteiger charge is 2.35. The zero-order valence-corrected chi connectivity index (χ0v) is 15.1. The molecule has 3 heteroatoms. The first kappa shape index (κ1) is 20.8. The van der Waals surface area contributed by atoms with Crippen LogP contribution in [-0.2, 0) is 14.3 Å². The lowest BCUT2D eigenvalue weighted by Crippen LogP contribution is -2.04. The minimum Gasteiger partial charge on any atom is -0.466 e. The predicted octanol–water partition coefficient (Wildman–Crippen LogP) is 4.35. The van der Waals surface area contributed by atoms with Gasteiger partial charge < -0.3 is 9.47 Å².